The summed E-state index contributed by atoms with van der Waals surface area (Å²) in [6.07, 6.45) is 0.578. The number of carbonyl (C=O) groups is 1. The summed E-state index contributed by atoms with van der Waals surface area (Å²) in [5.41, 5.74) is -0.190. The molecule has 2 rings (SSSR count). The summed E-state index contributed by atoms with van der Waals surface area (Å²) in [6, 6.07) is 1.88. The van der Waals surface area contributed by atoms with Gasteiger partial charge in [-0.15, -0.1) is 11.3 Å². The molecular formula is C12H17NO3S. The molecule has 1 aromatic rings. The largest absolute Gasteiger partial charge is 0.386 e. The topological polar surface area (TPSA) is 58.6 Å². The van der Waals surface area contributed by atoms with Crippen LogP contribution < -0.4 is 5.32 Å². The van der Waals surface area contributed by atoms with Gasteiger partial charge in [-0.2, -0.15) is 0 Å². The monoisotopic (exact) mass is 255 g/mol. The number of aryl methyl sites for hydroxylation is 2. The van der Waals surface area contributed by atoms with Gasteiger partial charge in [0.2, 0.25) is 0 Å². The van der Waals surface area contributed by atoms with Crippen molar-refractivity contribution < 1.29 is 14.6 Å². The molecule has 1 aromatic heterocycles. The standard InChI is InChI=1S/C12H17NO3S/c1-8-5-10(9(2)17-8)11(14)13-6-12(15)3-4-16-7-12/h5,15H,3-4,6-7H2,1-2H3,(H,13,14). The SMILES string of the molecule is Cc1cc(C(=O)NCC2(O)CCOC2)c(C)s1. The zero-order chi connectivity index (χ0) is 12.5. The van der Waals surface area contributed by atoms with E-state index < -0.39 is 5.60 Å². The van der Waals surface area contributed by atoms with Gasteiger partial charge in [-0.1, -0.05) is 0 Å². The van der Waals surface area contributed by atoms with E-state index in [1.54, 1.807) is 11.3 Å². The van der Waals surface area contributed by atoms with Crippen LogP contribution in [0, 0.1) is 13.8 Å². The van der Waals surface area contributed by atoms with Gasteiger partial charge < -0.3 is 15.2 Å². The molecule has 0 saturated carbocycles. The number of hydrogen-bond acceptors (Lipinski definition) is 4. The van der Waals surface area contributed by atoms with Gasteiger partial charge in [-0.3, -0.25) is 4.79 Å². The Morgan fingerprint density at radius 3 is 2.94 bits per heavy atom. The summed E-state index contributed by atoms with van der Waals surface area (Å²) in [7, 11) is 0. The maximum absolute atomic E-state index is 11.9. The smallest absolute Gasteiger partial charge is 0.252 e. The summed E-state index contributed by atoms with van der Waals surface area (Å²) < 4.78 is 5.13. The van der Waals surface area contributed by atoms with Crippen LogP contribution in [-0.2, 0) is 4.74 Å². The fourth-order valence-corrected chi connectivity index (χ4v) is 2.85. The van der Waals surface area contributed by atoms with Crippen molar-refractivity contribution in [3.05, 3.63) is 21.4 Å². The molecule has 1 saturated heterocycles. The number of nitrogens with one attached hydrogen (secondary N) is 1. The highest BCUT2D eigenvalue weighted by Crippen LogP contribution is 2.21. The number of amides is 1. The third-order valence-corrected chi connectivity index (χ3v) is 3.91. The minimum Gasteiger partial charge on any atom is -0.386 e. The van der Waals surface area contributed by atoms with E-state index in [9.17, 15) is 9.90 Å². The number of carbonyl (C=O) groups excluding carboxylic acids is 1. The minimum atomic E-state index is -0.894. The first-order valence-corrected chi connectivity index (χ1v) is 6.47. The highest BCUT2D eigenvalue weighted by atomic mass is 32.1. The molecule has 0 bridgehead atoms. The molecule has 1 amide bonds. The molecule has 0 radical (unpaired) electrons. The number of aliphatic hydroxyl groups is 1. The Hall–Kier alpha value is -0.910. The molecule has 1 aliphatic heterocycles. The predicted molar refractivity (Wildman–Crippen MR) is 66.5 cm³/mol. The predicted octanol–water partition coefficient (Wildman–Crippen LogP) is 1.25. The second kappa shape index (κ2) is 4.76. The molecule has 5 heteroatoms. The van der Waals surface area contributed by atoms with Crippen molar-refractivity contribution in [2.75, 3.05) is 19.8 Å². The van der Waals surface area contributed by atoms with Gasteiger partial charge in [0, 0.05) is 29.3 Å². The van der Waals surface area contributed by atoms with Gasteiger partial charge in [0.1, 0.15) is 5.60 Å². The first-order valence-electron chi connectivity index (χ1n) is 5.65. The quantitative estimate of drug-likeness (QED) is 0.854. The number of rotatable bonds is 3. The molecule has 2 N–H and O–H groups in total. The number of thiophene rings is 1. The third kappa shape index (κ3) is 2.86. The number of hydrogen-bond donors (Lipinski definition) is 2. The minimum absolute atomic E-state index is 0.118. The summed E-state index contributed by atoms with van der Waals surface area (Å²) in [6.45, 7) is 5.02. The van der Waals surface area contributed by atoms with Crippen molar-refractivity contribution in [3.63, 3.8) is 0 Å². The lowest BCUT2D eigenvalue weighted by atomic mass is 10.0. The van der Waals surface area contributed by atoms with Crippen LogP contribution >= 0.6 is 11.3 Å². The van der Waals surface area contributed by atoms with Crippen molar-refractivity contribution >= 4 is 17.2 Å². The normalized spacial score (nSPS) is 23.9. The van der Waals surface area contributed by atoms with Crippen LogP contribution in [0.5, 0.6) is 0 Å². The molecule has 0 spiro atoms. The van der Waals surface area contributed by atoms with Gasteiger partial charge in [0.05, 0.1) is 12.2 Å². The van der Waals surface area contributed by atoms with E-state index in [2.05, 4.69) is 5.32 Å². The Bertz CT molecular complexity index is 421. The Morgan fingerprint density at radius 1 is 1.65 bits per heavy atom. The first kappa shape index (κ1) is 12.5. The Kier molecular flexibility index (Phi) is 3.51. The molecule has 1 aliphatic rings. The molecule has 1 unspecified atom stereocenters. The van der Waals surface area contributed by atoms with Gasteiger partial charge in [-0.25, -0.2) is 0 Å². The lowest BCUT2D eigenvalue weighted by molar-refractivity contribution is 0.0264. The van der Waals surface area contributed by atoms with Crippen LogP contribution in [0.25, 0.3) is 0 Å². The van der Waals surface area contributed by atoms with Crippen LogP contribution in [0.1, 0.15) is 26.5 Å². The summed E-state index contributed by atoms with van der Waals surface area (Å²) in [4.78, 5) is 14.1. The Balaban J connectivity index is 1.95. The van der Waals surface area contributed by atoms with Crippen molar-refractivity contribution in [1.29, 1.82) is 0 Å². The average Bonchev–Trinajstić information content (AvgIpc) is 2.83. The molecule has 17 heavy (non-hydrogen) atoms. The van der Waals surface area contributed by atoms with Crippen molar-refractivity contribution in [3.8, 4) is 0 Å². The highest BCUT2D eigenvalue weighted by Gasteiger charge is 2.32. The molecule has 2 heterocycles. The summed E-state index contributed by atoms with van der Waals surface area (Å²) in [5, 5.41) is 12.8. The van der Waals surface area contributed by atoms with Crippen LogP contribution in [0.15, 0.2) is 6.07 Å². The fourth-order valence-electron chi connectivity index (χ4n) is 1.93. The summed E-state index contributed by atoms with van der Waals surface area (Å²) in [5.74, 6) is -0.118. The van der Waals surface area contributed by atoms with Crippen LogP contribution in [-0.4, -0.2) is 36.4 Å². The molecule has 4 nitrogen and oxygen atoms in total. The molecular weight excluding hydrogens is 238 g/mol. The van der Waals surface area contributed by atoms with E-state index in [4.69, 9.17) is 4.74 Å². The van der Waals surface area contributed by atoms with Gasteiger partial charge in [-0.05, 0) is 19.9 Å². The molecule has 0 aliphatic carbocycles. The van der Waals surface area contributed by atoms with E-state index in [0.29, 0.717) is 25.2 Å². The van der Waals surface area contributed by atoms with E-state index in [0.717, 1.165) is 9.75 Å². The lowest BCUT2D eigenvalue weighted by Gasteiger charge is -2.20. The van der Waals surface area contributed by atoms with Crippen molar-refractivity contribution in [1.82, 2.24) is 5.32 Å². The van der Waals surface area contributed by atoms with E-state index in [-0.39, 0.29) is 12.5 Å². The van der Waals surface area contributed by atoms with Gasteiger partial charge in [0.15, 0.2) is 0 Å². The molecule has 1 atom stereocenters. The van der Waals surface area contributed by atoms with E-state index in [1.165, 1.54) is 0 Å². The summed E-state index contributed by atoms with van der Waals surface area (Å²) >= 11 is 1.61. The second-order valence-electron chi connectivity index (χ2n) is 4.54. The van der Waals surface area contributed by atoms with Crippen LogP contribution in [0.4, 0.5) is 0 Å². The average molecular weight is 255 g/mol. The first-order chi connectivity index (χ1) is 8.00. The third-order valence-electron chi connectivity index (χ3n) is 2.95. The zero-order valence-electron chi connectivity index (χ0n) is 10.1. The van der Waals surface area contributed by atoms with E-state index >= 15 is 0 Å². The van der Waals surface area contributed by atoms with Crippen LogP contribution in [0.2, 0.25) is 0 Å². The highest BCUT2D eigenvalue weighted by molar-refractivity contribution is 7.12. The van der Waals surface area contributed by atoms with Gasteiger partial charge in [0.25, 0.3) is 5.91 Å². The van der Waals surface area contributed by atoms with Crippen molar-refractivity contribution in [2.24, 2.45) is 0 Å². The second-order valence-corrected chi connectivity index (χ2v) is 6.00. The van der Waals surface area contributed by atoms with Crippen molar-refractivity contribution in [2.45, 2.75) is 25.9 Å². The van der Waals surface area contributed by atoms with Crippen LogP contribution in [0.3, 0.4) is 0 Å². The Morgan fingerprint density at radius 2 is 2.41 bits per heavy atom. The maximum Gasteiger partial charge on any atom is 0.252 e. The fraction of sp³-hybridized carbons (Fsp3) is 0.583. The molecule has 1 fully saturated rings. The molecule has 94 valence electrons. The number of ether oxygens (including phenoxy) is 1. The maximum atomic E-state index is 11.9. The zero-order valence-corrected chi connectivity index (χ0v) is 10.9. The Labute approximate surface area is 105 Å². The molecule has 0 aromatic carbocycles. The van der Waals surface area contributed by atoms with E-state index in [1.807, 2.05) is 19.9 Å². The van der Waals surface area contributed by atoms with Gasteiger partial charge >= 0.3 is 0 Å². The lowest BCUT2D eigenvalue weighted by Crippen LogP contribution is -2.43.